The van der Waals surface area contributed by atoms with Crippen molar-refractivity contribution in [3.63, 3.8) is 0 Å². The zero-order chi connectivity index (χ0) is 17.0. The number of hydrogen-bond donors (Lipinski definition) is 2. The zero-order valence-corrected chi connectivity index (χ0v) is 14.1. The van der Waals surface area contributed by atoms with E-state index in [1.165, 1.54) is 0 Å². The van der Waals surface area contributed by atoms with Crippen LogP contribution in [-0.4, -0.2) is 44.6 Å². The molecule has 1 heterocycles. The van der Waals surface area contributed by atoms with E-state index >= 15 is 0 Å². The molecule has 0 radical (unpaired) electrons. The molecule has 126 valence electrons. The summed E-state index contributed by atoms with van der Waals surface area (Å²) in [6, 6.07) is 6.73. The molecule has 1 aromatic rings. The van der Waals surface area contributed by atoms with E-state index < -0.39 is 0 Å². The van der Waals surface area contributed by atoms with Gasteiger partial charge in [-0.15, -0.1) is 0 Å². The molecule has 0 bridgehead atoms. The second-order valence-corrected chi connectivity index (χ2v) is 6.01. The Hall–Kier alpha value is -2.08. The molecule has 0 saturated carbocycles. The van der Waals surface area contributed by atoms with Gasteiger partial charge in [0, 0.05) is 13.6 Å². The molecule has 1 aliphatic heterocycles. The summed E-state index contributed by atoms with van der Waals surface area (Å²) in [4.78, 5) is 26.4. The number of benzene rings is 1. The number of carbonyl (C=O) groups excluding carboxylic acids is 2. The topological polar surface area (TPSA) is 70.7 Å². The maximum Gasteiger partial charge on any atom is 0.244 e. The minimum Gasteiger partial charge on any atom is -0.495 e. The van der Waals surface area contributed by atoms with Gasteiger partial charge >= 0.3 is 0 Å². The van der Waals surface area contributed by atoms with Gasteiger partial charge in [-0.2, -0.15) is 0 Å². The van der Waals surface area contributed by atoms with Crippen molar-refractivity contribution in [2.75, 3.05) is 25.6 Å². The van der Waals surface area contributed by atoms with E-state index in [4.69, 9.17) is 4.74 Å². The number of likely N-dealkylation sites (N-methyl/N-ethyl adjacent to an activating group) is 1. The minimum absolute atomic E-state index is 0.0240. The Balaban J connectivity index is 2.14. The third-order valence-corrected chi connectivity index (χ3v) is 4.16. The van der Waals surface area contributed by atoms with E-state index in [-0.39, 0.29) is 29.8 Å². The van der Waals surface area contributed by atoms with Crippen LogP contribution in [0.15, 0.2) is 24.3 Å². The molecule has 2 rings (SSSR count). The maximum absolute atomic E-state index is 12.7. The first-order valence-electron chi connectivity index (χ1n) is 7.91. The number of anilines is 1. The molecule has 0 spiro atoms. The Morgan fingerprint density at radius 2 is 2.04 bits per heavy atom. The van der Waals surface area contributed by atoms with Crippen LogP contribution in [0, 0.1) is 5.92 Å². The van der Waals surface area contributed by atoms with Gasteiger partial charge in [0.1, 0.15) is 5.75 Å². The standard InChI is InChI=1S/C17H25N3O3/c1-11(2)15(16(21)18-3)19-12-9-10-20(17(12)22)13-7-5-6-8-14(13)23-4/h5-8,11-12,15,19H,9-10H2,1-4H3,(H,18,21)/t12?,15-/m0/s1. The Labute approximate surface area is 137 Å². The van der Waals surface area contributed by atoms with Crippen LogP contribution >= 0.6 is 0 Å². The molecule has 1 aliphatic rings. The molecule has 1 fully saturated rings. The van der Waals surface area contributed by atoms with Crippen LogP contribution in [0.4, 0.5) is 5.69 Å². The van der Waals surface area contributed by atoms with E-state index in [0.717, 1.165) is 5.69 Å². The molecule has 2 N–H and O–H groups in total. The highest BCUT2D eigenvalue weighted by molar-refractivity contribution is 6.01. The second-order valence-electron chi connectivity index (χ2n) is 6.01. The van der Waals surface area contributed by atoms with Crippen molar-refractivity contribution in [3.8, 4) is 5.75 Å². The first-order chi connectivity index (χ1) is 11.0. The number of methoxy groups -OCH3 is 1. The van der Waals surface area contributed by atoms with E-state index in [2.05, 4.69) is 10.6 Å². The number of carbonyl (C=O) groups is 2. The lowest BCUT2D eigenvalue weighted by molar-refractivity contribution is -0.124. The van der Waals surface area contributed by atoms with Crippen molar-refractivity contribution in [3.05, 3.63) is 24.3 Å². The number of para-hydroxylation sites is 2. The van der Waals surface area contributed by atoms with Crippen molar-refractivity contribution in [2.45, 2.75) is 32.4 Å². The van der Waals surface area contributed by atoms with Crippen LogP contribution in [0.1, 0.15) is 20.3 Å². The third kappa shape index (κ3) is 3.64. The van der Waals surface area contributed by atoms with Gasteiger partial charge in [-0.1, -0.05) is 26.0 Å². The van der Waals surface area contributed by atoms with Gasteiger partial charge < -0.3 is 15.0 Å². The van der Waals surface area contributed by atoms with E-state index in [9.17, 15) is 9.59 Å². The van der Waals surface area contributed by atoms with Crippen LogP contribution in [0.5, 0.6) is 5.75 Å². The van der Waals surface area contributed by atoms with Crippen LogP contribution < -0.4 is 20.3 Å². The van der Waals surface area contributed by atoms with Gasteiger partial charge in [0.05, 0.1) is 24.9 Å². The summed E-state index contributed by atoms with van der Waals surface area (Å²) < 4.78 is 5.34. The van der Waals surface area contributed by atoms with Crippen LogP contribution in [-0.2, 0) is 9.59 Å². The fourth-order valence-electron chi connectivity index (χ4n) is 2.87. The fourth-order valence-corrected chi connectivity index (χ4v) is 2.87. The van der Waals surface area contributed by atoms with Crippen molar-refractivity contribution in [1.29, 1.82) is 0 Å². The average Bonchev–Trinajstić information content (AvgIpc) is 2.92. The lowest BCUT2D eigenvalue weighted by atomic mass is 10.0. The molecule has 6 heteroatoms. The van der Waals surface area contributed by atoms with Crippen molar-refractivity contribution < 1.29 is 14.3 Å². The molecule has 0 aliphatic carbocycles. The summed E-state index contributed by atoms with van der Waals surface area (Å²) in [5.74, 6) is 0.656. The van der Waals surface area contributed by atoms with Crippen molar-refractivity contribution in [2.24, 2.45) is 5.92 Å². The number of amides is 2. The maximum atomic E-state index is 12.7. The molecule has 2 atom stereocenters. The van der Waals surface area contributed by atoms with Gasteiger partial charge in [-0.25, -0.2) is 0 Å². The summed E-state index contributed by atoms with van der Waals surface area (Å²) in [7, 11) is 3.20. The molecule has 6 nitrogen and oxygen atoms in total. The molecule has 23 heavy (non-hydrogen) atoms. The van der Waals surface area contributed by atoms with Crippen molar-refractivity contribution >= 4 is 17.5 Å². The predicted octanol–water partition coefficient (Wildman–Crippen LogP) is 1.16. The molecule has 2 amide bonds. The largest absolute Gasteiger partial charge is 0.495 e. The van der Waals surface area contributed by atoms with Crippen LogP contribution in [0.25, 0.3) is 0 Å². The van der Waals surface area contributed by atoms with E-state index in [0.29, 0.717) is 18.7 Å². The number of hydrogen-bond acceptors (Lipinski definition) is 4. The zero-order valence-electron chi connectivity index (χ0n) is 14.1. The minimum atomic E-state index is -0.383. The molecule has 1 aromatic carbocycles. The molecule has 0 aromatic heterocycles. The van der Waals surface area contributed by atoms with Gasteiger partial charge in [-0.05, 0) is 24.5 Å². The van der Waals surface area contributed by atoms with Gasteiger partial charge in [-0.3, -0.25) is 14.9 Å². The summed E-state index contributed by atoms with van der Waals surface area (Å²) in [6.45, 7) is 4.53. The average molecular weight is 319 g/mol. The van der Waals surface area contributed by atoms with Crippen molar-refractivity contribution in [1.82, 2.24) is 10.6 Å². The van der Waals surface area contributed by atoms with E-state index in [1.807, 2.05) is 38.1 Å². The molecular formula is C17H25N3O3. The van der Waals surface area contributed by atoms with Gasteiger partial charge in [0.25, 0.3) is 0 Å². The number of ether oxygens (including phenoxy) is 1. The smallest absolute Gasteiger partial charge is 0.244 e. The summed E-state index contributed by atoms with van der Waals surface area (Å²) in [5, 5.41) is 5.86. The van der Waals surface area contributed by atoms with Crippen LogP contribution in [0.2, 0.25) is 0 Å². The highest BCUT2D eigenvalue weighted by Gasteiger charge is 2.36. The quantitative estimate of drug-likeness (QED) is 0.825. The molecule has 1 saturated heterocycles. The number of nitrogens with one attached hydrogen (secondary N) is 2. The normalized spacial score (nSPS) is 19.1. The first-order valence-corrected chi connectivity index (χ1v) is 7.91. The Kier molecular flexibility index (Phi) is 5.60. The highest BCUT2D eigenvalue weighted by Crippen LogP contribution is 2.31. The second kappa shape index (κ2) is 7.46. The highest BCUT2D eigenvalue weighted by atomic mass is 16.5. The molecular weight excluding hydrogens is 294 g/mol. The Bertz CT molecular complexity index is 574. The SMILES string of the molecule is CNC(=O)[C@@H](NC1CCN(c2ccccc2OC)C1=O)C(C)C. The third-order valence-electron chi connectivity index (χ3n) is 4.16. The summed E-state index contributed by atoms with van der Waals surface area (Å²) in [5.41, 5.74) is 0.769. The number of nitrogens with zero attached hydrogens (tertiary/aromatic N) is 1. The fraction of sp³-hybridized carbons (Fsp3) is 0.529. The molecule has 1 unspecified atom stereocenters. The van der Waals surface area contributed by atoms with Gasteiger partial charge in [0.2, 0.25) is 11.8 Å². The summed E-state index contributed by atoms with van der Waals surface area (Å²) >= 11 is 0. The lowest BCUT2D eigenvalue weighted by Crippen LogP contribution is -2.52. The van der Waals surface area contributed by atoms with E-state index in [1.54, 1.807) is 19.1 Å². The first kappa shape index (κ1) is 17.3. The monoisotopic (exact) mass is 319 g/mol. The number of rotatable bonds is 6. The Morgan fingerprint density at radius 3 is 2.65 bits per heavy atom. The predicted molar refractivity (Wildman–Crippen MR) is 89.6 cm³/mol. The van der Waals surface area contributed by atoms with Gasteiger partial charge in [0.15, 0.2) is 0 Å². The lowest BCUT2D eigenvalue weighted by Gasteiger charge is -2.24. The Morgan fingerprint density at radius 1 is 1.35 bits per heavy atom. The summed E-state index contributed by atoms with van der Waals surface area (Å²) in [6.07, 6.45) is 0.664. The van der Waals surface area contributed by atoms with Crippen LogP contribution in [0.3, 0.4) is 0 Å².